The predicted octanol–water partition coefficient (Wildman–Crippen LogP) is 7.82. The van der Waals surface area contributed by atoms with Gasteiger partial charge in [0.15, 0.2) is 11.6 Å². The smallest absolute Gasteiger partial charge is 0.343 e. The molecule has 6 heteroatoms. The van der Waals surface area contributed by atoms with Crippen molar-refractivity contribution in [3.05, 3.63) is 88.7 Å². The minimum Gasteiger partial charge on any atom is -0.420 e. The number of esters is 1. The van der Waals surface area contributed by atoms with Crippen molar-refractivity contribution in [2.75, 3.05) is 6.61 Å². The SMILES string of the molecule is CCOCc1ccc(-c2ccc(C(=O)Oc3ccc(C4CCC(C)CC4)c(F)c3F)cc2)c(F)c1. The minimum atomic E-state index is -1.15. The van der Waals surface area contributed by atoms with Gasteiger partial charge in [-0.25, -0.2) is 13.6 Å². The van der Waals surface area contributed by atoms with Crippen molar-refractivity contribution in [2.45, 2.75) is 52.1 Å². The molecule has 184 valence electrons. The van der Waals surface area contributed by atoms with Crippen LogP contribution in [0.1, 0.15) is 66.9 Å². The van der Waals surface area contributed by atoms with Crippen LogP contribution in [0.25, 0.3) is 11.1 Å². The Morgan fingerprint density at radius 2 is 1.63 bits per heavy atom. The summed E-state index contributed by atoms with van der Waals surface area (Å²) in [6.45, 7) is 4.91. The van der Waals surface area contributed by atoms with Gasteiger partial charge in [0.05, 0.1) is 12.2 Å². The Labute approximate surface area is 203 Å². The number of carbonyl (C=O) groups is 1. The van der Waals surface area contributed by atoms with E-state index in [4.69, 9.17) is 9.47 Å². The van der Waals surface area contributed by atoms with Crippen molar-refractivity contribution >= 4 is 5.97 Å². The van der Waals surface area contributed by atoms with Crippen LogP contribution in [0.15, 0.2) is 54.6 Å². The molecule has 4 rings (SSSR count). The average molecular weight is 483 g/mol. The minimum absolute atomic E-state index is 0.0216. The quantitative estimate of drug-likeness (QED) is 0.254. The first-order valence-electron chi connectivity index (χ1n) is 12.0. The van der Waals surface area contributed by atoms with E-state index in [0.29, 0.717) is 35.8 Å². The van der Waals surface area contributed by atoms with E-state index in [1.54, 1.807) is 24.3 Å². The first-order chi connectivity index (χ1) is 16.9. The molecule has 3 aromatic rings. The molecule has 0 spiro atoms. The molecule has 3 aromatic carbocycles. The zero-order valence-corrected chi connectivity index (χ0v) is 20.0. The normalized spacial score (nSPS) is 17.9. The maximum Gasteiger partial charge on any atom is 0.343 e. The fraction of sp³-hybridized carbons (Fsp3) is 0.345. The highest BCUT2D eigenvalue weighted by atomic mass is 19.2. The third kappa shape index (κ3) is 5.76. The van der Waals surface area contributed by atoms with E-state index in [-0.39, 0.29) is 11.5 Å². The third-order valence-corrected chi connectivity index (χ3v) is 6.67. The zero-order chi connectivity index (χ0) is 24.9. The summed E-state index contributed by atoms with van der Waals surface area (Å²) >= 11 is 0. The maximum absolute atomic E-state index is 14.8. The lowest BCUT2D eigenvalue weighted by Gasteiger charge is -2.27. The number of benzene rings is 3. The summed E-state index contributed by atoms with van der Waals surface area (Å²) in [4.78, 5) is 12.6. The van der Waals surface area contributed by atoms with Crippen molar-refractivity contribution in [3.8, 4) is 16.9 Å². The van der Waals surface area contributed by atoms with E-state index < -0.39 is 29.2 Å². The average Bonchev–Trinajstić information content (AvgIpc) is 2.86. The van der Waals surface area contributed by atoms with Gasteiger partial charge in [-0.15, -0.1) is 0 Å². The molecule has 0 amide bonds. The Hall–Kier alpha value is -3.12. The van der Waals surface area contributed by atoms with Gasteiger partial charge in [-0.05, 0) is 72.6 Å². The molecular weight excluding hydrogens is 453 g/mol. The fourth-order valence-electron chi connectivity index (χ4n) is 4.56. The number of ether oxygens (including phenoxy) is 2. The van der Waals surface area contributed by atoms with Crippen LogP contribution in [0.3, 0.4) is 0 Å². The van der Waals surface area contributed by atoms with Gasteiger partial charge in [-0.2, -0.15) is 4.39 Å². The van der Waals surface area contributed by atoms with Gasteiger partial charge in [0.25, 0.3) is 0 Å². The molecule has 1 aliphatic carbocycles. The number of hydrogen-bond acceptors (Lipinski definition) is 3. The van der Waals surface area contributed by atoms with Gasteiger partial charge in [0, 0.05) is 12.2 Å². The molecule has 0 unspecified atom stereocenters. The van der Waals surface area contributed by atoms with Crippen molar-refractivity contribution in [3.63, 3.8) is 0 Å². The highest BCUT2D eigenvalue weighted by Gasteiger charge is 2.26. The molecule has 0 aromatic heterocycles. The van der Waals surface area contributed by atoms with Crippen LogP contribution in [-0.2, 0) is 11.3 Å². The molecule has 0 heterocycles. The van der Waals surface area contributed by atoms with Crippen LogP contribution >= 0.6 is 0 Å². The summed E-state index contributed by atoms with van der Waals surface area (Å²) in [5.41, 5.74) is 2.17. The van der Waals surface area contributed by atoms with Gasteiger partial charge in [0.2, 0.25) is 5.82 Å². The summed E-state index contributed by atoms with van der Waals surface area (Å²) in [6.07, 6.45) is 3.61. The summed E-state index contributed by atoms with van der Waals surface area (Å²) in [7, 11) is 0. The molecule has 35 heavy (non-hydrogen) atoms. The van der Waals surface area contributed by atoms with Gasteiger partial charge < -0.3 is 9.47 Å². The maximum atomic E-state index is 14.8. The molecule has 0 saturated heterocycles. The second-order valence-electron chi connectivity index (χ2n) is 9.16. The van der Waals surface area contributed by atoms with E-state index in [1.165, 1.54) is 30.3 Å². The van der Waals surface area contributed by atoms with Crippen molar-refractivity contribution < 1.29 is 27.4 Å². The Morgan fingerprint density at radius 1 is 0.914 bits per heavy atom. The van der Waals surface area contributed by atoms with Crippen molar-refractivity contribution in [1.29, 1.82) is 0 Å². The molecule has 0 bridgehead atoms. The first-order valence-corrected chi connectivity index (χ1v) is 12.0. The lowest BCUT2D eigenvalue weighted by atomic mass is 9.79. The van der Waals surface area contributed by atoms with E-state index in [0.717, 1.165) is 31.2 Å². The summed E-state index contributed by atoms with van der Waals surface area (Å²) in [6, 6.07) is 13.8. The lowest BCUT2D eigenvalue weighted by molar-refractivity contribution is 0.0726. The highest BCUT2D eigenvalue weighted by Crippen LogP contribution is 2.38. The van der Waals surface area contributed by atoms with E-state index in [9.17, 15) is 18.0 Å². The highest BCUT2D eigenvalue weighted by molar-refractivity contribution is 5.91. The van der Waals surface area contributed by atoms with E-state index >= 15 is 0 Å². The number of hydrogen-bond donors (Lipinski definition) is 0. The fourth-order valence-corrected chi connectivity index (χ4v) is 4.56. The van der Waals surface area contributed by atoms with Gasteiger partial charge >= 0.3 is 5.97 Å². The van der Waals surface area contributed by atoms with Crippen LogP contribution in [0, 0.1) is 23.4 Å². The molecule has 0 aliphatic heterocycles. The van der Waals surface area contributed by atoms with Gasteiger partial charge in [-0.3, -0.25) is 0 Å². The summed E-state index contributed by atoms with van der Waals surface area (Å²) < 4.78 is 54.5. The molecule has 1 aliphatic rings. The van der Waals surface area contributed by atoms with Crippen molar-refractivity contribution in [2.24, 2.45) is 5.92 Å². The standard InChI is InChI=1S/C29H29F3O3/c1-3-34-17-19-6-13-23(25(30)16-19)20-9-11-22(12-10-20)29(33)35-26-15-14-24(27(31)28(26)32)21-7-4-18(2)5-8-21/h6,9-16,18,21H,3-5,7-8,17H2,1-2H3. The van der Waals surface area contributed by atoms with E-state index in [1.807, 2.05) is 6.92 Å². The molecule has 1 saturated carbocycles. The predicted molar refractivity (Wildman–Crippen MR) is 129 cm³/mol. The lowest BCUT2D eigenvalue weighted by Crippen LogP contribution is -2.14. The number of rotatable bonds is 7. The van der Waals surface area contributed by atoms with Gasteiger partial charge in [-0.1, -0.05) is 50.1 Å². The molecule has 1 fully saturated rings. The monoisotopic (exact) mass is 482 g/mol. The largest absolute Gasteiger partial charge is 0.420 e. The number of carbonyl (C=O) groups excluding carboxylic acids is 1. The topological polar surface area (TPSA) is 35.5 Å². The Morgan fingerprint density at radius 3 is 2.29 bits per heavy atom. The Kier molecular flexibility index (Phi) is 7.91. The third-order valence-electron chi connectivity index (χ3n) is 6.67. The van der Waals surface area contributed by atoms with Gasteiger partial charge in [0.1, 0.15) is 5.82 Å². The molecular formula is C29H29F3O3. The van der Waals surface area contributed by atoms with Crippen LogP contribution < -0.4 is 4.74 Å². The van der Waals surface area contributed by atoms with Crippen molar-refractivity contribution in [1.82, 2.24) is 0 Å². The molecule has 0 atom stereocenters. The molecule has 0 N–H and O–H groups in total. The summed E-state index contributed by atoms with van der Waals surface area (Å²) in [5.74, 6) is -3.19. The second kappa shape index (κ2) is 11.1. The van der Waals surface area contributed by atoms with Crippen LogP contribution in [0.5, 0.6) is 5.75 Å². The van der Waals surface area contributed by atoms with Crippen LogP contribution in [0.4, 0.5) is 13.2 Å². The zero-order valence-electron chi connectivity index (χ0n) is 20.0. The summed E-state index contributed by atoms with van der Waals surface area (Å²) in [5, 5.41) is 0. The molecule has 3 nitrogen and oxygen atoms in total. The number of halogens is 3. The van der Waals surface area contributed by atoms with Crippen LogP contribution in [0.2, 0.25) is 0 Å². The first kappa shape index (κ1) is 25.0. The van der Waals surface area contributed by atoms with E-state index in [2.05, 4.69) is 6.92 Å². The molecule has 0 radical (unpaired) electrons. The van der Waals surface area contributed by atoms with Crippen LogP contribution in [-0.4, -0.2) is 12.6 Å². The second-order valence-corrected chi connectivity index (χ2v) is 9.16. The Balaban J connectivity index is 1.45. The Bertz CT molecular complexity index is 1180.